The maximum Gasteiger partial charge on any atom is 0.255 e. The van der Waals surface area contributed by atoms with E-state index in [0.717, 1.165) is 31.4 Å². The number of benzene rings is 1. The number of hydrogen-bond acceptors (Lipinski definition) is 3. The lowest BCUT2D eigenvalue weighted by atomic mass is 9.76. The molecule has 5 heteroatoms. The third kappa shape index (κ3) is 2.24. The summed E-state index contributed by atoms with van der Waals surface area (Å²) in [4.78, 5) is 11.9. The first-order valence-electron chi connectivity index (χ1n) is 5.57. The van der Waals surface area contributed by atoms with Crippen LogP contribution < -0.4 is 11.1 Å². The fraction of sp³-hybridized carbons (Fsp3) is 0.417. The van der Waals surface area contributed by atoms with Gasteiger partial charge in [0.25, 0.3) is 5.91 Å². The molecule has 1 aromatic carbocycles. The lowest BCUT2D eigenvalue weighted by Gasteiger charge is -2.41. The van der Waals surface area contributed by atoms with Gasteiger partial charge in [-0.05, 0) is 37.5 Å². The largest absolute Gasteiger partial charge is 0.507 e. The molecule has 4 N–H and O–H groups in total. The van der Waals surface area contributed by atoms with Gasteiger partial charge in [0.2, 0.25) is 0 Å². The van der Waals surface area contributed by atoms with Gasteiger partial charge in [-0.2, -0.15) is 0 Å². The van der Waals surface area contributed by atoms with E-state index in [9.17, 15) is 14.3 Å². The number of aromatic hydroxyl groups is 1. The van der Waals surface area contributed by atoms with Crippen molar-refractivity contribution in [2.45, 2.75) is 24.8 Å². The number of nitrogens with two attached hydrogens (primary N) is 1. The summed E-state index contributed by atoms with van der Waals surface area (Å²) in [7, 11) is 0. The average molecular weight is 238 g/mol. The molecular weight excluding hydrogens is 223 g/mol. The Morgan fingerprint density at radius 1 is 1.53 bits per heavy atom. The molecule has 1 fully saturated rings. The summed E-state index contributed by atoms with van der Waals surface area (Å²) in [6.45, 7) is 0.356. The van der Waals surface area contributed by atoms with Crippen LogP contribution in [0.1, 0.15) is 29.6 Å². The monoisotopic (exact) mass is 238 g/mol. The van der Waals surface area contributed by atoms with Crippen LogP contribution in [-0.4, -0.2) is 23.1 Å². The van der Waals surface area contributed by atoms with Crippen molar-refractivity contribution in [1.29, 1.82) is 0 Å². The number of hydrogen-bond donors (Lipinski definition) is 3. The van der Waals surface area contributed by atoms with E-state index < -0.39 is 11.7 Å². The molecule has 0 atom stereocenters. The zero-order valence-corrected chi connectivity index (χ0v) is 9.37. The Kier molecular flexibility index (Phi) is 3.02. The zero-order chi connectivity index (χ0) is 12.5. The quantitative estimate of drug-likeness (QED) is 0.739. The SMILES string of the molecule is NCC1(NC(=O)c2cc(F)ccc2O)CCC1. The summed E-state index contributed by atoms with van der Waals surface area (Å²) in [5.74, 6) is -1.26. The second kappa shape index (κ2) is 4.33. The number of rotatable bonds is 3. The van der Waals surface area contributed by atoms with Crippen LogP contribution in [0.25, 0.3) is 0 Å². The minimum Gasteiger partial charge on any atom is -0.507 e. The first kappa shape index (κ1) is 11.9. The molecule has 0 unspecified atom stereocenters. The number of amides is 1. The summed E-state index contributed by atoms with van der Waals surface area (Å²) in [6, 6.07) is 3.29. The van der Waals surface area contributed by atoms with Crippen molar-refractivity contribution in [1.82, 2.24) is 5.32 Å². The van der Waals surface area contributed by atoms with E-state index in [1.165, 1.54) is 6.07 Å². The first-order valence-corrected chi connectivity index (χ1v) is 5.57. The highest BCUT2D eigenvalue weighted by atomic mass is 19.1. The number of nitrogens with one attached hydrogen (secondary N) is 1. The third-order valence-corrected chi connectivity index (χ3v) is 3.28. The molecule has 0 spiro atoms. The molecule has 0 saturated heterocycles. The van der Waals surface area contributed by atoms with Crippen LogP contribution in [0.5, 0.6) is 5.75 Å². The van der Waals surface area contributed by atoms with Crippen molar-refractivity contribution in [3.63, 3.8) is 0 Å². The van der Waals surface area contributed by atoms with Crippen LogP contribution >= 0.6 is 0 Å². The van der Waals surface area contributed by atoms with Crippen molar-refractivity contribution in [3.05, 3.63) is 29.6 Å². The van der Waals surface area contributed by atoms with Gasteiger partial charge in [0, 0.05) is 6.54 Å². The molecule has 1 saturated carbocycles. The van der Waals surface area contributed by atoms with Crippen LogP contribution in [0.15, 0.2) is 18.2 Å². The fourth-order valence-electron chi connectivity index (χ4n) is 1.98. The van der Waals surface area contributed by atoms with Crippen molar-refractivity contribution >= 4 is 5.91 Å². The molecular formula is C12H15FN2O2. The molecule has 0 bridgehead atoms. The van der Waals surface area contributed by atoms with Crippen LogP contribution in [0, 0.1) is 5.82 Å². The third-order valence-electron chi connectivity index (χ3n) is 3.28. The molecule has 1 amide bonds. The summed E-state index contributed by atoms with van der Waals surface area (Å²) in [5, 5.41) is 12.3. The summed E-state index contributed by atoms with van der Waals surface area (Å²) < 4.78 is 13.0. The van der Waals surface area contributed by atoms with Gasteiger partial charge in [-0.15, -0.1) is 0 Å². The van der Waals surface area contributed by atoms with Gasteiger partial charge in [-0.25, -0.2) is 4.39 Å². The molecule has 1 aliphatic carbocycles. The van der Waals surface area contributed by atoms with Crippen molar-refractivity contribution in [3.8, 4) is 5.75 Å². The molecule has 4 nitrogen and oxygen atoms in total. The average Bonchev–Trinajstić information content (AvgIpc) is 2.26. The smallest absolute Gasteiger partial charge is 0.255 e. The normalized spacial score (nSPS) is 17.3. The number of carbonyl (C=O) groups is 1. The van der Waals surface area contributed by atoms with E-state index in [-0.39, 0.29) is 16.9 Å². The molecule has 0 heterocycles. The van der Waals surface area contributed by atoms with E-state index in [1.54, 1.807) is 0 Å². The Bertz CT molecular complexity index is 439. The predicted molar refractivity (Wildman–Crippen MR) is 61.2 cm³/mol. The van der Waals surface area contributed by atoms with Crippen molar-refractivity contribution in [2.75, 3.05) is 6.54 Å². The predicted octanol–water partition coefficient (Wildman–Crippen LogP) is 1.14. The van der Waals surface area contributed by atoms with Gasteiger partial charge in [0.1, 0.15) is 11.6 Å². The Labute approximate surface area is 98.6 Å². The molecule has 1 aliphatic rings. The number of phenolic OH excluding ortho intramolecular Hbond substituents is 1. The van der Waals surface area contributed by atoms with Gasteiger partial charge in [-0.1, -0.05) is 0 Å². The maximum absolute atomic E-state index is 13.0. The molecule has 17 heavy (non-hydrogen) atoms. The van der Waals surface area contributed by atoms with Gasteiger partial charge in [0.05, 0.1) is 11.1 Å². The minimum atomic E-state index is -0.552. The number of halogens is 1. The first-order chi connectivity index (χ1) is 8.06. The molecule has 1 aromatic rings. The molecule has 0 radical (unpaired) electrons. The van der Waals surface area contributed by atoms with Gasteiger partial charge in [-0.3, -0.25) is 4.79 Å². The Morgan fingerprint density at radius 3 is 2.76 bits per heavy atom. The van der Waals surface area contributed by atoms with Gasteiger partial charge in [0.15, 0.2) is 0 Å². The summed E-state index contributed by atoms with van der Waals surface area (Å²) in [6.07, 6.45) is 2.67. The summed E-state index contributed by atoms with van der Waals surface area (Å²) >= 11 is 0. The molecule has 0 aromatic heterocycles. The highest BCUT2D eigenvalue weighted by Crippen LogP contribution is 2.31. The minimum absolute atomic E-state index is 0.0512. The second-order valence-corrected chi connectivity index (χ2v) is 4.45. The number of carbonyl (C=O) groups excluding carboxylic acids is 1. The van der Waals surface area contributed by atoms with Crippen molar-refractivity contribution < 1.29 is 14.3 Å². The summed E-state index contributed by atoms with van der Waals surface area (Å²) in [5.41, 5.74) is 5.18. The van der Waals surface area contributed by atoms with Crippen molar-refractivity contribution in [2.24, 2.45) is 5.73 Å². The highest BCUT2D eigenvalue weighted by Gasteiger charge is 2.37. The lowest BCUT2D eigenvalue weighted by molar-refractivity contribution is 0.0834. The topological polar surface area (TPSA) is 75.3 Å². The molecule has 0 aliphatic heterocycles. The Hall–Kier alpha value is -1.62. The molecule has 92 valence electrons. The highest BCUT2D eigenvalue weighted by molar-refractivity contribution is 5.97. The Balaban J connectivity index is 2.17. The van der Waals surface area contributed by atoms with Crippen LogP contribution in [0.3, 0.4) is 0 Å². The van der Waals surface area contributed by atoms with E-state index >= 15 is 0 Å². The van der Waals surface area contributed by atoms with Crippen LogP contribution in [0.4, 0.5) is 4.39 Å². The van der Waals surface area contributed by atoms with Gasteiger partial charge < -0.3 is 16.2 Å². The second-order valence-electron chi connectivity index (χ2n) is 4.45. The van der Waals surface area contributed by atoms with E-state index in [0.29, 0.717) is 6.54 Å². The lowest BCUT2D eigenvalue weighted by Crippen LogP contribution is -2.58. The van der Waals surface area contributed by atoms with Crippen LogP contribution in [0.2, 0.25) is 0 Å². The standard InChI is InChI=1S/C12H15FN2O2/c13-8-2-3-10(16)9(6-8)11(17)15-12(7-14)4-1-5-12/h2-3,6,16H,1,4-5,7,14H2,(H,15,17). The number of phenols is 1. The van der Waals surface area contributed by atoms with Crippen LogP contribution in [-0.2, 0) is 0 Å². The van der Waals surface area contributed by atoms with E-state index in [4.69, 9.17) is 5.73 Å². The zero-order valence-electron chi connectivity index (χ0n) is 9.37. The molecule has 2 rings (SSSR count). The van der Waals surface area contributed by atoms with E-state index in [2.05, 4.69) is 5.32 Å². The van der Waals surface area contributed by atoms with E-state index in [1.807, 2.05) is 0 Å². The fourth-order valence-corrected chi connectivity index (χ4v) is 1.98. The maximum atomic E-state index is 13.0. The Morgan fingerprint density at radius 2 is 2.24 bits per heavy atom. The van der Waals surface area contributed by atoms with Gasteiger partial charge >= 0.3 is 0 Å².